The molecule has 0 radical (unpaired) electrons. The van der Waals surface area contributed by atoms with Crippen molar-refractivity contribution in [3.63, 3.8) is 0 Å². The summed E-state index contributed by atoms with van der Waals surface area (Å²) >= 11 is 0. The molecule has 4 nitrogen and oxygen atoms in total. The van der Waals surface area contributed by atoms with Gasteiger partial charge in [-0.25, -0.2) is 0 Å². The first-order chi connectivity index (χ1) is 11.2. The minimum Gasteiger partial charge on any atom is -0.489 e. The molecule has 1 atom stereocenters. The van der Waals surface area contributed by atoms with E-state index in [9.17, 15) is 4.79 Å². The SMILES string of the molecule is NC(CNC(=O)c1ccc(OCc2ccccc2)cc1)C1CC1. The van der Waals surface area contributed by atoms with E-state index in [1.54, 1.807) is 12.1 Å². The second-order valence-electron chi connectivity index (χ2n) is 6.01. The predicted molar refractivity (Wildman–Crippen MR) is 90.2 cm³/mol. The maximum Gasteiger partial charge on any atom is 0.251 e. The summed E-state index contributed by atoms with van der Waals surface area (Å²) in [4.78, 5) is 12.1. The van der Waals surface area contributed by atoms with Gasteiger partial charge in [0.1, 0.15) is 12.4 Å². The predicted octanol–water partition coefficient (Wildman–Crippen LogP) is 2.73. The van der Waals surface area contributed by atoms with Crippen molar-refractivity contribution >= 4 is 5.91 Å². The molecule has 2 aromatic carbocycles. The Morgan fingerprint density at radius 1 is 1.13 bits per heavy atom. The van der Waals surface area contributed by atoms with E-state index in [1.807, 2.05) is 42.5 Å². The minimum atomic E-state index is -0.0873. The minimum absolute atomic E-state index is 0.0763. The molecule has 0 aliphatic heterocycles. The molecule has 4 heteroatoms. The number of amides is 1. The second kappa shape index (κ2) is 7.29. The normalized spacial score (nSPS) is 15.0. The third kappa shape index (κ3) is 4.57. The molecular formula is C19H22N2O2. The van der Waals surface area contributed by atoms with Gasteiger partial charge in [-0.15, -0.1) is 0 Å². The van der Waals surface area contributed by atoms with Crippen LogP contribution in [-0.4, -0.2) is 18.5 Å². The smallest absolute Gasteiger partial charge is 0.251 e. The van der Waals surface area contributed by atoms with Crippen LogP contribution in [0.25, 0.3) is 0 Å². The molecule has 3 rings (SSSR count). The molecule has 2 aromatic rings. The van der Waals surface area contributed by atoms with Crippen LogP contribution in [0.1, 0.15) is 28.8 Å². The van der Waals surface area contributed by atoms with Crippen LogP contribution in [0.5, 0.6) is 5.75 Å². The van der Waals surface area contributed by atoms with Crippen molar-refractivity contribution in [1.29, 1.82) is 0 Å². The average Bonchev–Trinajstić information content (AvgIpc) is 3.44. The molecule has 23 heavy (non-hydrogen) atoms. The topological polar surface area (TPSA) is 64.3 Å². The van der Waals surface area contributed by atoms with Crippen LogP contribution in [0.4, 0.5) is 0 Å². The van der Waals surface area contributed by atoms with Gasteiger partial charge in [-0.2, -0.15) is 0 Å². The highest BCUT2D eigenvalue weighted by Gasteiger charge is 2.28. The second-order valence-corrected chi connectivity index (χ2v) is 6.01. The van der Waals surface area contributed by atoms with E-state index in [0.29, 0.717) is 24.6 Å². The zero-order valence-corrected chi connectivity index (χ0v) is 13.1. The highest BCUT2D eigenvalue weighted by molar-refractivity contribution is 5.94. The van der Waals surface area contributed by atoms with Gasteiger partial charge in [-0.3, -0.25) is 4.79 Å². The maximum absolute atomic E-state index is 12.1. The molecule has 0 bridgehead atoms. The first kappa shape index (κ1) is 15.6. The van der Waals surface area contributed by atoms with Crippen LogP contribution in [0.2, 0.25) is 0 Å². The monoisotopic (exact) mass is 310 g/mol. The molecular weight excluding hydrogens is 288 g/mol. The van der Waals surface area contributed by atoms with Gasteiger partial charge < -0.3 is 15.8 Å². The summed E-state index contributed by atoms with van der Waals surface area (Å²) in [5.41, 5.74) is 7.73. The van der Waals surface area contributed by atoms with E-state index < -0.39 is 0 Å². The Bertz CT molecular complexity index is 636. The van der Waals surface area contributed by atoms with Crippen LogP contribution in [-0.2, 0) is 6.61 Å². The third-order valence-corrected chi connectivity index (χ3v) is 4.09. The van der Waals surface area contributed by atoms with E-state index in [4.69, 9.17) is 10.5 Å². The van der Waals surface area contributed by atoms with Crippen LogP contribution in [0.15, 0.2) is 54.6 Å². The van der Waals surface area contributed by atoms with Gasteiger partial charge in [0, 0.05) is 18.2 Å². The van der Waals surface area contributed by atoms with Crippen LogP contribution >= 0.6 is 0 Å². The van der Waals surface area contributed by atoms with E-state index in [0.717, 1.165) is 11.3 Å². The van der Waals surface area contributed by atoms with Crippen LogP contribution in [0, 0.1) is 5.92 Å². The summed E-state index contributed by atoms with van der Waals surface area (Å²) in [5.74, 6) is 1.25. The number of hydrogen-bond donors (Lipinski definition) is 2. The van der Waals surface area contributed by atoms with Gasteiger partial charge in [0.2, 0.25) is 0 Å². The zero-order valence-electron chi connectivity index (χ0n) is 13.1. The number of carbonyl (C=O) groups is 1. The van der Waals surface area contributed by atoms with E-state index in [-0.39, 0.29) is 11.9 Å². The summed E-state index contributed by atoms with van der Waals surface area (Å²) in [6.45, 7) is 1.05. The van der Waals surface area contributed by atoms with Crippen LogP contribution in [0.3, 0.4) is 0 Å². The molecule has 1 aliphatic carbocycles. The summed E-state index contributed by atoms with van der Waals surface area (Å²) in [7, 11) is 0. The molecule has 1 aliphatic rings. The van der Waals surface area contributed by atoms with Crippen molar-refractivity contribution in [1.82, 2.24) is 5.32 Å². The van der Waals surface area contributed by atoms with Gasteiger partial charge >= 0.3 is 0 Å². The first-order valence-electron chi connectivity index (χ1n) is 8.03. The van der Waals surface area contributed by atoms with E-state index in [2.05, 4.69) is 5.32 Å². The molecule has 1 saturated carbocycles. The van der Waals surface area contributed by atoms with Crippen molar-refractivity contribution in [3.05, 3.63) is 65.7 Å². The van der Waals surface area contributed by atoms with Gasteiger partial charge in [-0.05, 0) is 48.6 Å². The number of nitrogens with two attached hydrogens (primary N) is 1. The molecule has 0 saturated heterocycles. The highest BCUT2D eigenvalue weighted by atomic mass is 16.5. The largest absolute Gasteiger partial charge is 0.489 e. The van der Waals surface area contributed by atoms with E-state index >= 15 is 0 Å². The number of ether oxygens (including phenoxy) is 1. The molecule has 0 spiro atoms. The molecule has 0 heterocycles. The highest BCUT2D eigenvalue weighted by Crippen LogP contribution is 2.31. The number of nitrogens with one attached hydrogen (secondary N) is 1. The Kier molecular flexibility index (Phi) is 4.93. The first-order valence-corrected chi connectivity index (χ1v) is 8.03. The molecule has 120 valence electrons. The van der Waals surface area contributed by atoms with Crippen molar-refractivity contribution in [2.45, 2.75) is 25.5 Å². The van der Waals surface area contributed by atoms with Crippen molar-refractivity contribution < 1.29 is 9.53 Å². The van der Waals surface area contributed by atoms with Crippen LogP contribution < -0.4 is 15.8 Å². The Labute approximate surface area is 136 Å². The van der Waals surface area contributed by atoms with Gasteiger partial charge in [0.25, 0.3) is 5.91 Å². The molecule has 0 aromatic heterocycles. The molecule has 1 amide bonds. The summed E-state index contributed by atoms with van der Waals surface area (Å²) in [6.07, 6.45) is 2.37. The van der Waals surface area contributed by atoms with Gasteiger partial charge in [-0.1, -0.05) is 30.3 Å². The fraction of sp³-hybridized carbons (Fsp3) is 0.316. The Balaban J connectivity index is 1.48. The number of rotatable bonds is 7. The summed E-state index contributed by atoms with van der Waals surface area (Å²) in [5, 5.41) is 2.89. The summed E-state index contributed by atoms with van der Waals surface area (Å²) in [6, 6.07) is 17.2. The Morgan fingerprint density at radius 2 is 1.83 bits per heavy atom. The average molecular weight is 310 g/mol. The van der Waals surface area contributed by atoms with Gasteiger partial charge in [0.15, 0.2) is 0 Å². The lowest BCUT2D eigenvalue weighted by Crippen LogP contribution is -2.38. The van der Waals surface area contributed by atoms with E-state index in [1.165, 1.54) is 12.8 Å². The molecule has 3 N–H and O–H groups in total. The quantitative estimate of drug-likeness (QED) is 0.826. The molecule has 1 fully saturated rings. The fourth-order valence-electron chi connectivity index (χ4n) is 2.45. The Morgan fingerprint density at radius 3 is 2.48 bits per heavy atom. The zero-order chi connectivity index (χ0) is 16.1. The lowest BCUT2D eigenvalue weighted by molar-refractivity contribution is 0.0950. The van der Waals surface area contributed by atoms with Gasteiger partial charge in [0.05, 0.1) is 0 Å². The van der Waals surface area contributed by atoms with Crippen molar-refractivity contribution in [2.75, 3.05) is 6.54 Å². The van der Waals surface area contributed by atoms with Crippen molar-refractivity contribution in [3.8, 4) is 5.75 Å². The number of hydrogen-bond acceptors (Lipinski definition) is 3. The third-order valence-electron chi connectivity index (χ3n) is 4.09. The summed E-state index contributed by atoms with van der Waals surface area (Å²) < 4.78 is 5.71. The Hall–Kier alpha value is -2.33. The van der Waals surface area contributed by atoms with Crippen molar-refractivity contribution in [2.24, 2.45) is 11.7 Å². The molecule has 1 unspecified atom stereocenters. The standard InChI is InChI=1S/C19H22N2O2/c20-18(15-6-7-15)12-21-19(22)16-8-10-17(11-9-16)23-13-14-4-2-1-3-5-14/h1-5,8-11,15,18H,6-7,12-13,20H2,(H,21,22). The number of benzene rings is 2. The maximum atomic E-state index is 12.1. The lowest BCUT2D eigenvalue weighted by atomic mass is 10.1. The fourth-order valence-corrected chi connectivity index (χ4v) is 2.45. The lowest BCUT2D eigenvalue weighted by Gasteiger charge is -2.12. The number of carbonyl (C=O) groups excluding carboxylic acids is 1.